The van der Waals surface area contributed by atoms with Crippen molar-refractivity contribution >= 4 is 26.0 Å². The Labute approximate surface area is 251 Å². The van der Waals surface area contributed by atoms with Crippen molar-refractivity contribution in [2.45, 2.75) is 55.9 Å². The van der Waals surface area contributed by atoms with Crippen LogP contribution in [-0.4, -0.2) is 37.3 Å². The highest BCUT2D eigenvalue weighted by Gasteiger charge is 2.24. The van der Waals surface area contributed by atoms with Gasteiger partial charge in [-0.1, -0.05) is 50.2 Å². The fourth-order valence-corrected chi connectivity index (χ4v) is 5.91. The second-order valence-corrected chi connectivity index (χ2v) is 14.0. The molecule has 0 saturated heterocycles. The van der Waals surface area contributed by atoms with Gasteiger partial charge in [0.05, 0.1) is 4.90 Å². The van der Waals surface area contributed by atoms with Crippen molar-refractivity contribution < 1.29 is 40.2 Å². The van der Waals surface area contributed by atoms with E-state index in [1.807, 2.05) is 45.0 Å². The van der Waals surface area contributed by atoms with Gasteiger partial charge in [0.1, 0.15) is 27.7 Å². The average Bonchev–Trinajstić information content (AvgIpc) is 2.91. The van der Waals surface area contributed by atoms with E-state index < -0.39 is 35.8 Å². The number of rotatable bonds is 9. The maximum atomic E-state index is 13.2. The molecule has 4 aromatic rings. The van der Waals surface area contributed by atoms with Gasteiger partial charge in [-0.2, -0.15) is 16.8 Å². The minimum atomic E-state index is -4.83. The second-order valence-electron chi connectivity index (χ2n) is 11.2. The number of hydrogen-bond acceptors (Lipinski definition) is 7. The molecular weight excluding hydrogens is 592 g/mol. The molecular formula is C32H32O9S2. The van der Waals surface area contributed by atoms with Gasteiger partial charge < -0.3 is 9.47 Å². The Morgan fingerprint density at radius 3 is 1.60 bits per heavy atom. The van der Waals surface area contributed by atoms with Crippen LogP contribution in [0.2, 0.25) is 0 Å². The van der Waals surface area contributed by atoms with E-state index in [-0.39, 0.29) is 34.1 Å². The predicted molar refractivity (Wildman–Crippen MR) is 162 cm³/mol. The molecule has 9 nitrogen and oxygen atoms in total. The Bertz CT molecular complexity index is 1870. The van der Waals surface area contributed by atoms with E-state index in [4.69, 9.17) is 9.47 Å². The Morgan fingerprint density at radius 2 is 1.14 bits per heavy atom. The largest absolute Gasteiger partial charge is 0.488 e. The molecule has 0 aromatic heterocycles. The van der Waals surface area contributed by atoms with Gasteiger partial charge in [-0.3, -0.25) is 13.9 Å². The molecule has 4 aromatic carbocycles. The molecule has 0 spiro atoms. The number of carbonyl (C=O) groups excluding carboxylic acids is 1. The zero-order valence-corrected chi connectivity index (χ0v) is 25.9. The first-order valence-electron chi connectivity index (χ1n) is 13.3. The summed E-state index contributed by atoms with van der Waals surface area (Å²) in [5, 5.41) is 0. The molecule has 0 aliphatic carbocycles. The lowest BCUT2D eigenvalue weighted by molar-refractivity contribution is 0.103. The fraction of sp³-hybridized carbons (Fsp3) is 0.219. The molecule has 43 heavy (non-hydrogen) atoms. The van der Waals surface area contributed by atoms with Crippen LogP contribution in [0.5, 0.6) is 17.2 Å². The van der Waals surface area contributed by atoms with Crippen LogP contribution in [0.15, 0.2) is 94.7 Å². The molecule has 0 bridgehead atoms. The predicted octanol–water partition coefficient (Wildman–Crippen LogP) is 7.17. The molecule has 11 heteroatoms. The summed E-state index contributed by atoms with van der Waals surface area (Å²) in [5.41, 5.74) is 1.55. The number of ether oxygens (including phenoxy) is 2. The third-order valence-electron chi connectivity index (χ3n) is 6.35. The van der Waals surface area contributed by atoms with Crippen LogP contribution < -0.4 is 9.47 Å². The standard InChI is InChI=1S/C32H32O9S2/c1-20(2)27-16-10-23(18-29(27)42(34,35)36)31(33)24-11-17-28(30(19-24)43(37,38)39)40-25-12-6-21(7-13-25)22-8-14-26(15-9-22)41-32(3,4)5/h6-20H,1-5H3,(H,34,35,36)(H,37,38,39). The van der Waals surface area contributed by atoms with E-state index >= 15 is 0 Å². The minimum Gasteiger partial charge on any atom is -0.488 e. The van der Waals surface area contributed by atoms with Crippen LogP contribution in [0.3, 0.4) is 0 Å². The molecule has 0 atom stereocenters. The molecule has 0 aliphatic heterocycles. The molecule has 0 saturated carbocycles. The summed E-state index contributed by atoms with van der Waals surface area (Å²) in [5.74, 6) is -0.180. The van der Waals surface area contributed by atoms with Crippen molar-refractivity contribution in [3.05, 3.63) is 102 Å². The zero-order valence-electron chi connectivity index (χ0n) is 24.2. The van der Waals surface area contributed by atoms with Crippen molar-refractivity contribution in [1.29, 1.82) is 0 Å². The van der Waals surface area contributed by atoms with E-state index in [1.54, 1.807) is 38.1 Å². The van der Waals surface area contributed by atoms with Gasteiger partial charge >= 0.3 is 0 Å². The van der Waals surface area contributed by atoms with Crippen molar-refractivity contribution in [3.8, 4) is 28.4 Å². The molecule has 0 fully saturated rings. The minimum absolute atomic E-state index is 0.0967. The average molecular weight is 625 g/mol. The Kier molecular flexibility index (Phi) is 8.85. The lowest BCUT2D eigenvalue weighted by Gasteiger charge is -2.21. The van der Waals surface area contributed by atoms with Crippen LogP contribution in [0, 0.1) is 0 Å². The van der Waals surface area contributed by atoms with E-state index in [0.29, 0.717) is 5.56 Å². The molecule has 0 aliphatic rings. The van der Waals surface area contributed by atoms with Gasteiger partial charge in [0, 0.05) is 11.1 Å². The summed E-state index contributed by atoms with van der Waals surface area (Å²) >= 11 is 0. The fourth-order valence-electron chi connectivity index (χ4n) is 4.39. The first kappa shape index (κ1) is 31.9. The Balaban J connectivity index is 1.61. The van der Waals surface area contributed by atoms with E-state index in [9.17, 15) is 30.7 Å². The molecule has 0 heterocycles. The maximum Gasteiger partial charge on any atom is 0.298 e. The quantitative estimate of drug-likeness (QED) is 0.146. The van der Waals surface area contributed by atoms with Crippen LogP contribution in [0.1, 0.15) is 62.0 Å². The third kappa shape index (κ3) is 7.88. The summed E-state index contributed by atoms with van der Waals surface area (Å²) < 4.78 is 79.6. The summed E-state index contributed by atoms with van der Waals surface area (Å²) in [7, 11) is -9.47. The van der Waals surface area contributed by atoms with Gasteiger partial charge in [-0.05, 0) is 91.9 Å². The van der Waals surface area contributed by atoms with Gasteiger partial charge in [0.15, 0.2) is 5.78 Å². The topological polar surface area (TPSA) is 144 Å². The lowest BCUT2D eigenvalue weighted by Crippen LogP contribution is -2.22. The monoisotopic (exact) mass is 624 g/mol. The first-order chi connectivity index (χ1) is 19.9. The molecule has 0 amide bonds. The van der Waals surface area contributed by atoms with Crippen molar-refractivity contribution in [3.63, 3.8) is 0 Å². The normalized spacial score (nSPS) is 12.3. The summed E-state index contributed by atoms with van der Waals surface area (Å²) in [4.78, 5) is 12.2. The number of carbonyl (C=O) groups is 1. The highest BCUT2D eigenvalue weighted by molar-refractivity contribution is 7.86. The SMILES string of the molecule is CC(C)c1ccc(C(=O)c2ccc(Oc3ccc(-c4ccc(OC(C)(C)C)cc4)cc3)c(S(=O)(=O)O)c2)cc1S(=O)(=O)O. The number of hydrogen-bond donors (Lipinski definition) is 2. The first-order valence-corrected chi connectivity index (χ1v) is 16.2. The molecule has 0 unspecified atom stereocenters. The Hall–Kier alpha value is -4.03. The maximum absolute atomic E-state index is 13.2. The van der Waals surface area contributed by atoms with Crippen LogP contribution in [-0.2, 0) is 20.2 Å². The second kappa shape index (κ2) is 11.9. The van der Waals surface area contributed by atoms with E-state index in [0.717, 1.165) is 29.0 Å². The van der Waals surface area contributed by atoms with Gasteiger partial charge in [0.2, 0.25) is 0 Å². The highest BCUT2D eigenvalue weighted by atomic mass is 32.2. The van der Waals surface area contributed by atoms with E-state index in [2.05, 4.69) is 0 Å². The number of ketones is 1. The molecule has 0 radical (unpaired) electrons. The number of benzene rings is 4. The van der Waals surface area contributed by atoms with Crippen LogP contribution in [0.25, 0.3) is 11.1 Å². The molecule has 4 rings (SSSR count). The highest BCUT2D eigenvalue weighted by Crippen LogP contribution is 2.33. The zero-order chi connectivity index (χ0) is 31.7. The van der Waals surface area contributed by atoms with Gasteiger partial charge in [-0.15, -0.1) is 0 Å². The van der Waals surface area contributed by atoms with Gasteiger partial charge in [0.25, 0.3) is 20.2 Å². The van der Waals surface area contributed by atoms with E-state index in [1.165, 1.54) is 24.3 Å². The van der Waals surface area contributed by atoms with Gasteiger partial charge in [-0.25, -0.2) is 0 Å². The molecule has 2 N–H and O–H groups in total. The smallest absolute Gasteiger partial charge is 0.298 e. The van der Waals surface area contributed by atoms with Crippen LogP contribution >= 0.6 is 0 Å². The Morgan fingerprint density at radius 1 is 0.674 bits per heavy atom. The summed E-state index contributed by atoms with van der Waals surface area (Å²) in [6.45, 7) is 9.36. The third-order valence-corrected chi connectivity index (χ3v) is 8.14. The van der Waals surface area contributed by atoms with Crippen molar-refractivity contribution in [2.75, 3.05) is 0 Å². The van der Waals surface area contributed by atoms with Crippen molar-refractivity contribution in [2.24, 2.45) is 0 Å². The molecule has 226 valence electrons. The summed E-state index contributed by atoms with van der Waals surface area (Å²) in [6, 6.07) is 21.7. The van der Waals surface area contributed by atoms with Crippen LogP contribution in [0.4, 0.5) is 0 Å². The van der Waals surface area contributed by atoms with Crippen molar-refractivity contribution in [1.82, 2.24) is 0 Å². The lowest BCUT2D eigenvalue weighted by atomic mass is 9.98. The summed E-state index contributed by atoms with van der Waals surface area (Å²) in [6.07, 6.45) is 0.